The highest BCUT2D eigenvalue weighted by atomic mass is 35.5. The van der Waals surface area contributed by atoms with Gasteiger partial charge in [0.1, 0.15) is 0 Å². The van der Waals surface area contributed by atoms with Gasteiger partial charge in [-0.25, -0.2) is 13.2 Å². The van der Waals surface area contributed by atoms with E-state index in [1.165, 1.54) is 22.5 Å². The van der Waals surface area contributed by atoms with Crippen LogP contribution < -0.4 is 4.31 Å². The maximum absolute atomic E-state index is 13.2. The molecule has 0 saturated heterocycles. The van der Waals surface area contributed by atoms with E-state index in [9.17, 15) is 13.2 Å². The molecular weight excluding hydrogens is 442 g/mol. The molecule has 0 aliphatic carbocycles. The standard InChI is InChI=1S/C21H22ClN3O5S/c1-3-8-19-23-20(30-24-19)14-29-21(26)17-13-16(11-12-18(17)22)31(27,28)25(4-2)15-9-6-5-7-10-15/h5-7,9-13H,3-4,8,14H2,1-2H3. The van der Waals surface area contributed by atoms with Crippen LogP contribution in [-0.4, -0.2) is 31.1 Å². The minimum Gasteiger partial charge on any atom is -0.452 e. The summed E-state index contributed by atoms with van der Waals surface area (Å²) in [6, 6.07) is 12.6. The number of aryl methyl sites for hydroxylation is 1. The molecule has 0 amide bonds. The summed E-state index contributed by atoms with van der Waals surface area (Å²) >= 11 is 6.14. The molecule has 0 radical (unpaired) electrons. The van der Waals surface area contributed by atoms with E-state index in [4.69, 9.17) is 20.9 Å². The summed E-state index contributed by atoms with van der Waals surface area (Å²) in [5.41, 5.74) is 0.448. The van der Waals surface area contributed by atoms with Crippen LogP contribution in [0.5, 0.6) is 0 Å². The Labute approximate surface area is 185 Å². The summed E-state index contributed by atoms with van der Waals surface area (Å²) in [5, 5.41) is 3.86. The SMILES string of the molecule is CCCc1noc(COC(=O)c2cc(S(=O)(=O)N(CC)c3ccccc3)ccc2Cl)n1. The van der Waals surface area contributed by atoms with Gasteiger partial charge in [-0.15, -0.1) is 0 Å². The lowest BCUT2D eigenvalue weighted by molar-refractivity contribution is 0.0429. The van der Waals surface area contributed by atoms with E-state index in [0.29, 0.717) is 17.9 Å². The van der Waals surface area contributed by atoms with Crippen LogP contribution in [0.15, 0.2) is 57.9 Å². The fourth-order valence-corrected chi connectivity index (χ4v) is 4.61. The van der Waals surface area contributed by atoms with Crippen molar-refractivity contribution in [3.05, 3.63) is 70.8 Å². The van der Waals surface area contributed by atoms with Crippen molar-refractivity contribution in [2.24, 2.45) is 0 Å². The van der Waals surface area contributed by atoms with E-state index in [1.807, 2.05) is 6.92 Å². The molecule has 0 aliphatic rings. The first-order chi connectivity index (χ1) is 14.9. The molecule has 1 aromatic heterocycles. The third kappa shape index (κ3) is 5.23. The first-order valence-electron chi connectivity index (χ1n) is 9.72. The summed E-state index contributed by atoms with van der Waals surface area (Å²) < 4.78 is 37.9. The molecule has 164 valence electrons. The van der Waals surface area contributed by atoms with Gasteiger partial charge in [-0.2, -0.15) is 4.98 Å². The average Bonchev–Trinajstić information content (AvgIpc) is 3.21. The van der Waals surface area contributed by atoms with Gasteiger partial charge in [0.2, 0.25) is 0 Å². The normalized spacial score (nSPS) is 11.3. The molecule has 0 fully saturated rings. The Morgan fingerprint density at radius 2 is 1.90 bits per heavy atom. The number of para-hydroxylation sites is 1. The Kier molecular flexibility index (Phi) is 7.29. The minimum atomic E-state index is -3.92. The van der Waals surface area contributed by atoms with Gasteiger partial charge < -0.3 is 9.26 Å². The summed E-state index contributed by atoms with van der Waals surface area (Å²) in [7, 11) is -3.92. The zero-order chi connectivity index (χ0) is 22.4. The second-order valence-electron chi connectivity index (χ2n) is 6.58. The number of nitrogens with zero attached hydrogens (tertiary/aromatic N) is 3. The van der Waals surface area contributed by atoms with E-state index in [1.54, 1.807) is 37.3 Å². The molecule has 10 heteroatoms. The monoisotopic (exact) mass is 463 g/mol. The number of ether oxygens (including phenoxy) is 1. The maximum atomic E-state index is 13.2. The van der Waals surface area contributed by atoms with Crippen molar-refractivity contribution >= 4 is 33.3 Å². The number of rotatable bonds is 9. The van der Waals surface area contributed by atoms with Gasteiger partial charge >= 0.3 is 5.97 Å². The smallest absolute Gasteiger partial charge is 0.340 e. The van der Waals surface area contributed by atoms with Crippen molar-refractivity contribution in [1.29, 1.82) is 0 Å². The zero-order valence-corrected chi connectivity index (χ0v) is 18.7. The van der Waals surface area contributed by atoms with Gasteiger partial charge in [0.25, 0.3) is 15.9 Å². The van der Waals surface area contributed by atoms with Gasteiger partial charge in [-0.1, -0.05) is 41.9 Å². The molecule has 0 saturated carbocycles. The second-order valence-corrected chi connectivity index (χ2v) is 8.85. The Morgan fingerprint density at radius 1 is 1.16 bits per heavy atom. The van der Waals surface area contributed by atoms with Crippen LogP contribution in [0.25, 0.3) is 0 Å². The molecular formula is C21H22ClN3O5S. The number of aromatic nitrogens is 2. The second kappa shape index (κ2) is 9.93. The van der Waals surface area contributed by atoms with Crippen molar-refractivity contribution in [2.45, 2.75) is 38.2 Å². The van der Waals surface area contributed by atoms with Gasteiger partial charge in [0.05, 0.1) is 21.2 Å². The molecule has 3 rings (SSSR count). The molecule has 3 aromatic rings. The van der Waals surface area contributed by atoms with E-state index in [2.05, 4.69) is 10.1 Å². The molecule has 2 aromatic carbocycles. The number of sulfonamides is 1. The maximum Gasteiger partial charge on any atom is 0.340 e. The summed E-state index contributed by atoms with van der Waals surface area (Å²) in [6.45, 7) is 3.68. The molecule has 0 atom stereocenters. The third-order valence-corrected chi connectivity index (χ3v) is 6.62. The van der Waals surface area contributed by atoms with Gasteiger partial charge in [-0.3, -0.25) is 4.31 Å². The Bertz CT molecular complexity index is 1150. The van der Waals surface area contributed by atoms with Crippen LogP contribution in [0.3, 0.4) is 0 Å². The van der Waals surface area contributed by atoms with Gasteiger partial charge in [0.15, 0.2) is 12.4 Å². The first kappa shape index (κ1) is 22.8. The highest BCUT2D eigenvalue weighted by Crippen LogP contribution is 2.27. The van der Waals surface area contributed by atoms with Crippen LogP contribution in [0.1, 0.15) is 42.3 Å². The van der Waals surface area contributed by atoms with Crippen molar-refractivity contribution in [1.82, 2.24) is 10.1 Å². The predicted octanol–water partition coefficient (Wildman–Crippen LogP) is 4.25. The van der Waals surface area contributed by atoms with Crippen LogP contribution in [0.4, 0.5) is 5.69 Å². The predicted molar refractivity (Wildman–Crippen MR) is 116 cm³/mol. The van der Waals surface area contributed by atoms with Crippen LogP contribution in [0.2, 0.25) is 5.02 Å². The number of carbonyl (C=O) groups is 1. The number of carbonyl (C=O) groups excluding carboxylic acids is 1. The van der Waals surface area contributed by atoms with Crippen molar-refractivity contribution in [2.75, 3.05) is 10.8 Å². The topological polar surface area (TPSA) is 103 Å². The Balaban J connectivity index is 1.82. The van der Waals surface area contributed by atoms with Crippen LogP contribution >= 0.6 is 11.6 Å². The van der Waals surface area contributed by atoms with Gasteiger partial charge in [0, 0.05) is 13.0 Å². The summed E-state index contributed by atoms with van der Waals surface area (Å²) in [5.74, 6) is -0.113. The van der Waals surface area contributed by atoms with E-state index in [-0.39, 0.29) is 34.5 Å². The highest BCUT2D eigenvalue weighted by molar-refractivity contribution is 7.92. The minimum absolute atomic E-state index is 0.0693. The zero-order valence-electron chi connectivity index (χ0n) is 17.1. The lowest BCUT2D eigenvalue weighted by Gasteiger charge is -2.23. The number of hydrogen-bond acceptors (Lipinski definition) is 7. The molecule has 0 N–H and O–H groups in total. The van der Waals surface area contributed by atoms with E-state index < -0.39 is 16.0 Å². The summed E-state index contributed by atoms with van der Waals surface area (Å²) in [6.07, 6.45) is 1.51. The quantitative estimate of drug-likeness (QED) is 0.437. The Hall–Kier alpha value is -2.91. The fourth-order valence-electron chi connectivity index (χ4n) is 2.91. The van der Waals surface area contributed by atoms with Crippen LogP contribution in [-0.2, 0) is 27.8 Å². The number of benzene rings is 2. The highest BCUT2D eigenvalue weighted by Gasteiger charge is 2.26. The molecule has 8 nitrogen and oxygen atoms in total. The largest absolute Gasteiger partial charge is 0.452 e. The summed E-state index contributed by atoms with van der Waals surface area (Å²) in [4.78, 5) is 16.6. The van der Waals surface area contributed by atoms with Crippen molar-refractivity contribution < 1.29 is 22.5 Å². The van der Waals surface area contributed by atoms with Gasteiger partial charge in [-0.05, 0) is 43.7 Å². The molecule has 0 spiro atoms. The van der Waals surface area contributed by atoms with E-state index >= 15 is 0 Å². The molecule has 0 aliphatic heterocycles. The van der Waals surface area contributed by atoms with Crippen molar-refractivity contribution in [3.63, 3.8) is 0 Å². The Morgan fingerprint density at radius 3 is 2.58 bits per heavy atom. The van der Waals surface area contributed by atoms with Crippen LogP contribution in [0, 0.1) is 0 Å². The lowest BCUT2D eigenvalue weighted by atomic mass is 10.2. The third-order valence-electron chi connectivity index (χ3n) is 4.39. The molecule has 0 bridgehead atoms. The molecule has 31 heavy (non-hydrogen) atoms. The number of anilines is 1. The first-order valence-corrected chi connectivity index (χ1v) is 11.5. The fraction of sp³-hybridized carbons (Fsp3) is 0.286. The van der Waals surface area contributed by atoms with E-state index in [0.717, 1.165) is 6.42 Å². The molecule has 1 heterocycles. The van der Waals surface area contributed by atoms with Crippen molar-refractivity contribution in [3.8, 4) is 0 Å². The number of esters is 1. The molecule has 0 unspecified atom stereocenters. The number of halogens is 1. The average molecular weight is 464 g/mol. The lowest BCUT2D eigenvalue weighted by Crippen LogP contribution is -2.30. The number of hydrogen-bond donors (Lipinski definition) is 0.